The first-order valence-corrected chi connectivity index (χ1v) is 4.61. The minimum atomic E-state index is -1.28. The summed E-state index contributed by atoms with van der Waals surface area (Å²) in [6.45, 7) is 0. The van der Waals surface area contributed by atoms with Crippen LogP contribution >= 0.6 is 0 Å². The quantitative estimate of drug-likeness (QED) is 0.749. The van der Waals surface area contributed by atoms with E-state index in [4.69, 9.17) is 9.52 Å². The van der Waals surface area contributed by atoms with Crippen molar-refractivity contribution in [1.29, 1.82) is 0 Å². The second kappa shape index (κ2) is 3.69. The number of rotatable bonds is 2. The number of hydrogen-bond acceptors (Lipinski definition) is 4. The monoisotopic (exact) mass is 219 g/mol. The number of hydrogen-bond donors (Lipinski definition) is 2. The lowest BCUT2D eigenvalue weighted by Crippen LogP contribution is -2.12. The Morgan fingerprint density at radius 3 is 2.75 bits per heavy atom. The summed E-state index contributed by atoms with van der Waals surface area (Å²) in [6, 6.07) is 6.41. The maximum absolute atomic E-state index is 11.3. The van der Waals surface area contributed by atoms with Gasteiger partial charge in [0.2, 0.25) is 0 Å². The number of anilines is 1. The Morgan fingerprint density at radius 2 is 2.12 bits per heavy atom. The number of carboxylic acids is 1. The average molecular weight is 219 g/mol. The molecule has 16 heavy (non-hydrogen) atoms. The zero-order chi connectivity index (χ0) is 11.7. The molecule has 0 aliphatic carbocycles. The lowest BCUT2D eigenvalue weighted by molar-refractivity contribution is 0.0692. The van der Waals surface area contributed by atoms with E-state index < -0.39 is 11.6 Å². The molecule has 0 aliphatic heterocycles. The summed E-state index contributed by atoms with van der Waals surface area (Å²) in [7, 11) is 1.74. The number of benzene rings is 1. The Labute approximate surface area is 90.3 Å². The standard InChI is InChI=1S/C11H9NO4/c1-12-7-3-2-6-4-8(10(13)14)11(15)16-9(6)5-7/h2-5,12H,1H3,(H,13,14). The Balaban J connectivity index is 2.74. The highest BCUT2D eigenvalue weighted by Crippen LogP contribution is 2.18. The van der Waals surface area contributed by atoms with Crippen LogP contribution < -0.4 is 10.9 Å². The third kappa shape index (κ3) is 1.63. The van der Waals surface area contributed by atoms with Crippen LogP contribution in [-0.4, -0.2) is 18.1 Å². The fourth-order valence-corrected chi connectivity index (χ4v) is 1.42. The van der Waals surface area contributed by atoms with Crippen LogP contribution in [0.15, 0.2) is 33.5 Å². The molecule has 0 aliphatic rings. The maximum atomic E-state index is 11.3. The predicted octanol–water partition coefficient (Wildman–Crippen LogP) is 1.53. The highest BCUT2D eigenvalue weighted by atomic mass is 16.4. The molecular weight excluding hydrogens is 210 g/mol. The van der Waals surface area contributed by atoms with Gasteiger partial charge in [-0.3, -0.25) is 0 Å². The van der Waals surface area contributed by atoms with Gasteiger partial charge in [-0.25, -0.2) is 9.59 Å². The fourth-order valence-electron chi connectivity index (χ4n) is 1.42. The van der Waals surface area contributed by atoms with Crippen molar-refractivity contribution in [3.63, 3.8) is 0 Å². The lowest BCUT2D eigenvalue weighted by atomic mass is 10.1. The topological polar surface area (TPSA) is 79.5 Å². The molecule has 2 rings (SSSR count). The fraction of sp³-hybridized carbons (Fsp3) is 0.0909. The molecule has 0 spiro atoms. The molecule has 1 aromatic carbocycles. The second-order valence-electron chi connectivity index (χ2n) is 3.26. The molecule has 0 unspecified atom stereocenters. The number of nitrogens with one attached hydrogen (secondary N) is 1. The predicted molar refractivity (Wildman–Crippen MR) is 59.0 cm³/mol. The molecule has 0 amide bonds. The molecule has 5 heteroatoms. The number of carbonyl (C=O) groups is 1. The molecule has 0 atom stereocenters. The van der Waals surface area contributed by atoms with Crippen molar-refractivity contribution in [2.24, 2.45) is 0 Å². The second-order valence-corrected chi connectivity index (χ2v) is 3.26. The Bertz CT molecular complexity index is 615. The SMILES string of the molecule is CNc1ccc2cc(C(=O)O)c(=O)oc2c1. The molecule has 0 radical (unpaired) electrons. The van der Waals surface area contributed by atoms with Crippen molar-refractivity contribution >= 4 is 22.6 Å². The molecular formula is C11H9NO4. The van der Waals surface area contributed by atoms with Crippen molar-refractivity contribution in [2.75, 3.05) is 12.4 Å². The average Bonchev–Trinajstić information content (AvgIpc) is 2.27. The Hall–Kier alpha value is -2.30. The summed E-state index contributed by atoms with van der Waals surface area (Å²) in [5, 5.41) is 12.2. The van der Waals surface area contributed by atoms with Gasteiger partial charge < -0.3 is 14.8 Å². The van der Waals surface area contributed by atoms with Crippen molar-refractivity contribution in [3.8, 4) is 0 Å². The first kappa shape index (κ1) is 10.2. The molecule has 0 bridgehead atoms. The largest absolute Gasteiger partial charge is 0.477 e. The van der Waals surface area contributed by atoms with Gasteiger partial charge in [-0.05, 0) is 18.2 Å². The minimum Gasteiger partial charge on any atom is -0.477 e. The Kier molecular flexibility index (Phi) is 2.36. The van der Waals surface area contributed by atoms with E-state index in [-0.39, 0.29) is 5.56 Å². The van der Waals surface area contributed by atoms with Gasteiger partial charge in [0.05, 0.1) is 0 Å². The lowest BCUT2D eigenvalue weighted by Gasteiger charge is -2.02. The molecule has 1 heterocycles. The van der Waals surface area contributed by atoms with E-state index in [9.17, 15) is 9.59 Å². The number of carboxylic acid groups (broad SMARTS) is 1. The normalized spacial score (nSPS) is 10.3. The summed E-state index contributed by atoms with van der Waals surface area (Å²) in [5.74, 6) is -1.28. The smallest absolute Gasteiger partial charge is 0.351 e. The molecule has 2 aromatic rings. The van der Waals surface area contributed by atoms with Gasteiger partial charge in [0.1, 0.15) is 11.1 Å². The van der Waals surface area contributed by atoms with E-state index in [0.717, 1.165) is 5.69 Å². The van der Waals surface area contributed by atoms with E-state index in [1.54, 1.807) is 25.2 Å². The van der Waals surface area contributed by atoms with Crippen molar-refractivity contribution in [3.05, 3.63) is 40.2 Å². The van der Waals surface area contributed by atoms with Gasteiger partial charge in [0.15, 0.2) is 0 Å². The Morgan fingerprint density at radius 1 is 1.38 bits per heavy atom. The molecule has 0 fully saturated rings. The van der Waals surface area contributed by atoms with Gasteiger partial charge in [0.25, 0.3) is 0 Å². The highest BCUT2D eigenvalue weighted by molar-refractivity contribution is 5.92. The van der Waals surface area contributed by atoms with Crippen LogP contribution in [0.25, 0.3) is 11.0 Å². The van der Waals surface area contributed by atoms with Crippen LogP contribution in [-0.2, 0) is 0 Å². The van der Waals surface area contributed by atoms with Crippen molar-refractivity contribution < 1.29 is 14.3 Å². The minimum absolute atomic E-state index is 0.357. The van der Waals surface area contributed by atoms with E-state index in [1.807, 2.05) is 0 Å². The molecule has 5 nitrogen and oxygen atoms in total. The first-order valence-electron chi connectivity index (χ1n) is 4.61. The first-order chi connectivity index (χ1) is 7.61. The molecule has 82 valence electrons. The third-order valence-electron chi connectivity index (χ3n) is 2.26. The van der Waals surface area contributed by atoms with Crippen LogP contribution in [0.2, 0.25) is 0 Å². The maximum Gasteiger partial charge on any atom is 0.351 e. The van der Waals surface area contributed by atoms with Crippen LogP contribution in [0.4, 0.5) is 5.69 Å². The van der Waals surface area contributed by atoms with Gasteiger partial charge in [-0.2, -0.15) is 0 Å². The third-order valence-corrected chi connectivity index (χ3v) is 2.26. The van der Waals surface area contributed by atoms with Crippen LogP contribution in [0.3, 0.4) is 0 Å². The van der Waals surface area contributed by atoms with E-state index in [2.05, 4.69) is 5.32 Å². The van der Waals surface area contributed by atoms with Crippen molar-refractivity contribution in [1.82, 2.24) is 0 Å². The zero-order valence-corrected chi connectivity index (χ0v) is 8.48. The number of fused-ring (bicyclic) bond motifs is 1. The molecule has 0 saturated carbocycles. The molecule has 0 saturated heterocycles. The highest BCUT2D eigenvalue weighted by Gasteiger charge is 2.11. The van der Waals surface area contributed by atoms with E-state index >= 15 is 0 Å². The van der Waals surface area contributed by atoms with Crippen molar-refractivity contribution in [2.45, 2.75) is 0 Å². The zero-order valence-electron chi connectivity index (χ0n) is 8.48. The summed E-state index contributed by atoms with van der Waals surface area (Å²) >= 11 is 0. The van der Waals surface area contributed by atoms with Gasteiger partial charge in [-0.1, -0.05) is 0 Å². The van der Waals surface area contributed by atoms with Crippen LogP contribution in [0.5, 0.6) is 0 Å². The van der Waals surface area contributed by atoms with Gasteiger partial charge in [-0.15, -0.1) is 0 Å². The van der Waals surface area contributed by atoms with Crippen LogP contribution in [0, 0.1) is 0 Å². The summed E-state index contributed by atoms with van der Waals surface area (Å²) in [5.41, 5.74) is -0.0430. The summed E-state index contributed by atoms with van der Waals surface area (Å²) in [6.07, 6.45) is 0. The summed E-state index contributed by atoms with van der Waals surface area (Å²) < 4.78 is 4.92. The van der Waals surface area contributed by atoms with E-state index in [1.165, 1.54) is 6.07 Å². The van der Waals surface area contributed by atoms with Gasteiger partial charge >= 0.3 is 11.6 Å². The van der Waals surface area contributed by atoms with E-state index in [0.29, 0.717) is 11.0 Å². The summed E-state index contributed by atoms with van der Waals surface area (Å²) in [4.78, 5) is 22.0. The number of aromatic carboxylic acids is 1. The molecule has 1 aromatic heterocycles. The van der Waals surface area contributed by atoms with Gasteiger partial charge in [0, 0.05) is 24.2 Å². The molecule has 2 N–H and O–H groups in total. The van der Waals surface area contributed by atoms with Crippen LogP contribution in [0.1, 0.15) is 10.4 Å².